The van der Waals surface area contributed by atoms with Crippen molar-refractivity contribution >= 4 is 23.4 Å². The Kier molecular flexibility index (Phi) is 6.81. The van der Waals surface area contributed by atoms with Crippen LogP contribution in [0.5, 0.6) is 11.5 Å². The number of nitrogens with one attached hydrogen (secondary N) is 1. The van der Waals surface area contributed by atoms with Crippen LogP contribution >= 0.6 is 0 Å². The number of hydrogen-bond donors (Lipinski definition) is 1. The molecule has 1 saturated heterocycles. The molecule has 5 rings (SSSR count). The third-order valence-corrected chi connectivity index (χ3v) is 6.95. The first kappa shape index (κ1) is 24.4. The maximum atomic E-state index is 13.6. The van der Waals surface area contributed by atoms with Gasteiger partial charge in [-0.1, -0.05) is 24.3 Å². The summed E-state index contributed by atoms with van der Waals surface area (Å²) < 4.78 is 10.7. The molecule has 0 aliphatic carbocycles. The summed E-state index contributed by atoms with van der Waals surface area (Å²) in [4.78, 5) is 43.1. The highest BCUT2D eigenvalue weighted by Gasteiger charge is 2.41. The number of rotatable bonds is 7. The molecule has 37 heavy (non-hydrogen) atoms. The molecule has 3 aromatic rings. The summed E-state index contributed by atoms with van der Waals surface area (Å²) in [6.45, 7) is 1.12. The number of carbonyl (C=O) groups is 3. The van der Waals surface area contributed by atoms with E-state index < -0.39 is 6.04 Å². The lowest BCUT2D eigenvalue weighted by Gasteiger charge is -2.26. The van der Waals surface area contributed by atoms with Crippen LogP contribution in [0.3, 0.4) is 0 Å². The summed E-state index contributed by atoms with van der Waals surface area (Å²) in [7, 11) is 3.17. The summed E-state index contributed by atoms with van der Waals surface area (Å²) in [6, 6.07) is 19.4. The minimum Gasteiger partial charge on any atom is -0.497 e. The number of nitrogens with zero attached hydrogens (tertiary/aromatic N) is 2. The van der Waals surface area contributed by atoms with Crippen molar-refractivity contribution in [3.05, 3.63) is 89.0 Å². The van der Waals surface area contributed by atoms with Gasteiger partial charge in [0.2, 0.25) is 5.91 Å². The number of methoxy groups -OCH3 is 2. The Morgan fingerprint density at radius 2 is 1.84 bits per heavy atom. The van der Waals surface area contributed by atoms with E-state index in [0.29, 0.717) is 41.3 Å². The Labute approximate surface area is 215 Å². The second-order valence-electron chi connectivity index (χ2n) is 9.16. The second-order valence-corrected chi connectivity index (χ2v) is 9.16. The van der Waals surface area contributed by atoms with E-state index in [2.05, 4.69) is 5.32 Å². The number of fused-ring (bicyclic) bond motifs is 2. The minimum atomic E-state index is -0.454. The molecule has 0 bridgehead atoms. The standard InChI is InChI=1S/C29H29N3O5/c1-36-22-12-13-26(37-2)21(16-22)17-30-27(33)20-8-5-7-19(15-20)18-32-24-10-4-3-9-23(24)28(34)31-14-6-11-25(31)29(32)35/h3-5,7-10,12-13,15-16,25H,6,11,14,17-18H2,1-2H3,(H,30,33)/t25-/m0/s1. The molecule has 2 aliphatic heterocycles. The van der Waals surface area contributed by atoms with Gasteiger partial charge in [-0.05, 0) is 60.9 Å². The molecular formula is C29H29N3O5. The summed E-state index contributed by atoms with van der Waals surface area (Å²) in [5.41, 5.74) is 3.21. The van der Waals surface area contributed by atoms with Crippen LogP contribution in [0.4, 0.5) is 5.69 Å². The highest BCUT2D eigenvalue weighted by Crippen LogP contribution is 2.33. The highest BCUT2D eigenvalue weighted by atomic mass is 16.5. The van der Waals surface area contributed by atoms with Crippen LogP contribution in [-0.4, -0.2) is 49.4 Å². The number of amides is 3. The number of anilines is 1. The predicted octanol–water partition coefficient (Wildman–Crippen LogP) is 3.79. The molecule has 2 heterocycles. The second kappa shape index (κ2) is 10.3. The van der Waals surface area contributed by atoms with Gasteiger partial charge in [0.15, 0.2) is 0 Å². The Hall–Kier alpha value is -4.33. The average molecular weight is 500 g/mol. The van der Waals surface area contributed by atoms with Gasteiger partial charge in [-0.15, -0.1) is 0 Å². The first-order valence-corrected chi connectivity index (χ1v) is 12.3. The van der Waals surface area contributed by atoms with Crippen LogP contribution in [-0.2, 0) is 17.9 Å². The van der Waals surface area contributed by atoms with E-state index in [4.69, 9.17) is 9.47 Å². The lowest BCUT2D eigenvalue weighted by atomic mass is 10.1. The molecule has 0 spiro atoms. The van der Waals surface area contributed by atoms with Gasteiger partial charge in [-0.3, -0.25) is 14.4 Å². The topological polar surface area (TPSA) is 88.2 Å². The maximum Gasteiger partial charge on any atom is 0.256 e. The summed E-state index contributed by atoms with van der Waals surface area (Å²) in [6.07, 6.45) is 1.47. The lowest BCUT2D eigenvalue weighted by Crippen LogP contribution is -2.44. The van der Waals surface area contributed by atoms with Crippen LogP contribution < -0.4 is 19.7 Å². The van der Waals surface area contributed by atoms with Crippen LogP contribution in [0.1, 0.15) is 44.7 Å². The zero-order valence-electron chi connectivity index (χ0n) is 20.9. The van der Waals surface area contributed by atoms with Crippen molar-refractivity contribution in [3.8, 4) is 11.5 Å². The largest absolute Gasteiger partial charge is 0.497 e. The van der Waals surface area contributed by atoms with Gasteiger partial charge in [-0.25, -0.2) is 0 Å². The molecule has 1 N–H and O–H groups in total. The Bertz CT molecular complexity index is 1350. The molecule has 2 aliphatic rings. The maximum absolute atomic E-state index is 13.6. The van der Waals surface area contributed by atoms with E-state index in [1.165, 1.54) is 0 Å². The first-order valence-electron chi connectivity index (χ1n) is 12.3. The number of para-hydroxylation sites is 1. The quantitative estimate of drug-likeness (QED) is 0.535. The lowest BCUT2D eigenvalue weighted by molar-refractivity contribution is -0.122. The van der Waals surface area contributed by atoms with Crippen molar-refractivity contribution in [2.75, 3.05) is 25.7 Å². The van der Waals surface area contributed by atoms with E-state index >= 15 is 0 Å². The van der Waals surface area contributed by atoms with Gasteiger partial charge < -0.3 is 24.6 Å². The van der Waals surface area contributed by atoms with Crippen molar-refractivity contribution in [3.63, 3.8) is 0 Å². The van der Waals surface area contributed by atoms with Crippen LogP contribution in [0.2, 0.25) is 0 Å². The third-order valence-electron chi connectivity index (χ3n) is 6.95. The minimum absolute atomic E-state index is 0.0872. The van der Waals surface area contributed by atoms with E-state index in [-0.39, 0.29) is 30.8 Å². The number of ether oxygens (including phenoxy) is 2. The number of hydrogen-bond acceptors (Lipinski definition) is 5. The third kappa shape index (κ3) is 4.74. The summed E-state index contributed by atoms with van der Waals surface area (Å²) in [5.74, 6) is 0.898. The van der Waals surface area contributed by atoms with E-state index in [0.717, 1.165) is 17.5 Å². The van der Waals surface area contributed by atoms with Gasteiger partial charge in [-0.2, -0.15) is 0 Å². The zero-order valence-corrected chi connectivity index (χ0v) is 20.9. The highest BCUT2D eigenvalue weighted by molar-refractivity contribution is 6.11. The van der Waals surface area contributed by atoms with Crippen molar-refractivity contribution in [2.45, 2.75) is 32.0 Å². The predicted molar refractivity (Wildman–Crippen MR) is 139 cm³/mol. The molecule has 1 atom stereocenters. The first-order chi connectivity index (χ1) is 18.0. The number of carbonyl (C=O) groups excluding carboxylic acids is 3. The van der Waals surface area contributed by atoms with Gasteiger partial charge in [0.25, 0.3) is 11.8 Å². The fourth-order valence-electron chi connectivity index (χ4n) is 5.06. The molecule has 0 aromatic heterocycles. The van der Waals surface area contributed by atoms with Gasteiger partial charge in [0.1, 0.15) is 17.5 Å². The summed E-state index contributed by atoms with van der Waals surface area (Å²) in [5, 5.41) is 2.94. The van der Waals surface area contributed by atoms with Crippen molar-refractivity contribution in [1.29, 1.82) is 0 Å². The molecule has 8 heteroatoms. The summed E-state index contributed by atoms with van der Waals surface area (Å²) >= 11 is 0. The molecule has 3 amide bonds. The van der Waals surface area contributed by atoms with E-state index in [1.54, 1.807) is 60.4 Å². The van der Waals surface area contributed by atoms with Crippen LogP contribution in [0.15, 0.2) is 66.7 Å². The molecule has 0 radical (unpaired) electrons. The SMILES string of the molecule is COc1ccc(OC)c(CNC(=O)c2cccc(CN3C(=O)[C@@H]4CCCN4C(=O)c4ccccc43)c2)c1. The van der Waals surface area contributed by atoms with E-state index in [9.17, 15) is 14.4 Å². The molecule has 8 nitrogen and oxygen atoms in total. The molecule has 3 aromatic carbocycles. The van der Waals surface area contributed by atoms with Gasteiger partial charge in [0, 0.05) is 24.2 Å². The molecule has 0 unspecified atom stereocenters. The van der Waals surface area contributed by atoms with Gasteiger partial charge >= 0.3 is 0 Å². The normalized spacial score (nSPS) is 16.6. The molecule has 190 valence electrons. The molecular weight excluding hydrogens is 470 g/mol. The molecule has 0 saturated carbocycles. The molecule has 1 fully saturated rings. The average Bonchev–Trinajstić information content (AvgIpc) is 3.41. The fourth-order valence-corrected chi connectivity index (χ4v) is 5.06. The Balaban J connectivity index is 1.36. The Morgan fingerprint density at radius 1 is 1.00 bits per heavy atom. The van der Waals surface area contributed by atoms with Crippen LogP contribution in [0, 0.1) is 0 Å². The Morgan fingerprint density at radius 3 is 2.65 bits per heavy atom. The smallest absolute Gasteiger partial charge is 0.256 e. The zero-order chi connectivity index (χ0) is 25.9. The number of benzene rings is 3. The van der Waals surface area contributed by atoms with Crippen molar-refractivity contribution in [2.24, 2.45) is 0 Å². The monoisotopic (exact) mass is 499 g/mol. The van der Waals surface area contributed by atoms with Crippen molar-refractivity contribution in [1.82, 2.24) is 10.2 Å². The van der Waals surface area contributed by atoms with Crippen LogP contribution in [0.25, 0.3) is 0 Å². The fraction of sp³-hybridized carbons (Fsp3) is 0.276. The van der Waals surface area contributed by atoms with Crippen molar-refractivity contribution < 1.29 is 23.9 Å². The van der Waals surface area contributed by atoms with E-state index in [1.807, 2.05) is 30.3 Å². The van der Waals surface area contributed by atoms with Gasteiger partial charge in [0.05, 0.1) is 32.0 Å².